The molecule has 0 saturated heterocycles. The van der Waals surface area contributed by atoms with E-state index in [-0.39, 0.29) is 23.7 Å². The number of carbonyl (C=O) groups excluding carboxylic acids is 1. The molecule has 0 aliphatic carbocycles. The topological polar surface area (TPSA) is 79.9 Å². The first-order valence-electron chi connectivity index (χ1n) is 7.67. The van der Waals surface area contributed by atoms with Gasteiger partial charge in [0.25, 0.3) is 5.91 Å². The molecule has 2 N–H and O–H groups in total. The summed E-state index contributed by atoms with van der Waals surface area (Å²) < 4.78 is 40.8. The fraction of sp³-hybridized carbons (Fsp3) is 0.438. The summed E-state index contributed by atoms with van der Waals surface area (Å²) in [7, 11) is 0. The van der Waals surface area contributed by atoms with Gasteiger partial charge in [0.15, 0.2) is 6.61 Å². The minimum atomic E-state index is -4.42. The number of amides is 1. The molecule has 1 unspecified atom stereocenters. The van der Waals surface area contributed by atoms with Gasteiger partial charge in [0.2, 0.25) is 5.88 Å². The van der Waals surface area contributed by atoms with Gasteiger partial charge in [0.1, 0.15) is 5.69 Å². The third-order valence-corrected chi connectivity index (χ3v) is 3.42. The third-order valence-electron chi connectivity index (χ3n) is 3.42. The molecule has 6 nitrogen and oxygen atoms in total. The number of rotatable bonds is 6. The van der Waals surface area contributed by atoms with Crippen LogP contribution in [0.1, 0.15) is 54.5 Å². The highest BCUT2D eigenvalue weighted by Crippen LogP contribution is 2.19. The van der Waals surface area contributed by atoms with E-state index in [1.54, 1.807) is 19.1 Å². The highest BCUT2D eigenvalue weighted by molar-refractivity contribution is 5.92. The molecule has 0 saturated carbocycles. The molecule has 9 heteroatoms. The van der Waals surface area contributed by atoms with E-state index in [0.717, 1.165) is 5.69 Å². The van der Waals surface area contributed by atoms with Crippen LogP contribution in [0.3, 0.4) is 0 Å². The second-order valence-electron chi connectivity index (χ2n) is 5.89. The molecule has 2 aromatic rings. The quantitative estimate of drug-likeness (QED) is 0.832. The number of nitrogens with zero attached hydrogens (tertiary/aromatic N) is 2. The molecule has 0 bridgehead atoms. The van der Waals surface area contributed by atoms with Crippen LogP contribution in [0.4, 0.5) is 13.2 Å². The number of ether oxygens (including phenoxy) is 1. The molecular weight excluding hydrogens is 337 g/mol. The molecule has 136 valence electrons. The Bertz CT molecular complexity index is 711. The van der Waals surface area contributed by atoms with Gasteiger partial charge in [-0.3, -0.25) is 9.89 Å². The summed E-state index contributed by atoms with van der Waals surface area (Å²) in [6.07, 6.45) is -3.05. The predicted octanol–water partition coefficient (Wildman–Crippen LogP) is 3.36. The van der Waals surface area contributed by atoms with Crippen molar-refractivity contribution in [3.63, 3.8) is 0 Å². The zero-order chi connectivity index (χ0) is 18.6. The molecule has 25 heavy (non-hydrogen) atoms. The predicted molar refractivity (Wildman–Crippen MR) is 84.3 cm³/mol. The Balaban J connectivity index is 1.95. The smallest absolute Gasteiger partial charge is 0.422 e. The van der Waals surface area contributed by atoms with E-state index in [0.29, 0.717) is 11.3 Å². The number of alkyl halides is 3. The summed E-state index contributed by atoms with van der Waals surface area (Å²) in [6, 6.07) is 4.17. The molecule has 0 radical (unpaired) electrons. The Morgan fingerprint density at radius 1 is 1.32 bits per heavy atom. The van der Waals surface area contributed by atoms with E-state index in [4.69, 9.17) is 0 Å². The number of hydrogen-bond acceptors (Lipinski definition) is 4. The Labute approximate surface area is 142 Å². The summed E-state index contributed by atoms with van der Waals surface area (Å²) in [5.41, 5.74) is 1.76. The maximum absolute atomic E-state index is 12.2. The molecule has 1 amide bonds. The fourth-order valence-corrected chi connectivity index (χ4v) is 2.00. The normalized spacial score (nSPS) is 12.9. The van der Waals surface area contributed by atoms with Crippen molar-refractivity contribution in [2.24, 2.45) is 0 Å². The van der Waals surface area contributed by atoms with Gasteiger partial charge in [-0.2, -0.15) is 18.3 Å². The van der Waals surface area contributed by atoms with Crippen LogP contribution >= 0.6 is 0 Å². The number of aromatic amines is 1. The van der Waals surface area contributed by atoms with Gasteiger partial charge in [-0.05, 0) is 24.5 Å². The zero-order valence-electron chi connectivity index (χ0n) is 14.0. The van der Waals surface area contributed by atoms with Crippen molar-refractivity contribution in [1.82, 2.24) is 20.5 Å². The second kappa shape index (κ2) is 7.54. The van der Waals surface area contributed by atoms with Gasteiger partial charge < -0.3 is 10.1 Å². The summed E-state index contributed by atoms with van der Waals surface area (Å²) in [4.78, 5) is 16.0. The zero-order valence-corrected chi connectivity index (χ0v) is 14.0. The van der Waals surface area contributed by atoms with Crippen molar-refractivity contribution in [3.05, 3.63) is 41.3 Å². The van der Waals surface area contributed by atoms with Crippen LogP contribution in [0.15, 0.2) is 24.4 Å². The van der Waals surface area contributed by atoms with Crippen molar-refractivity contribution in [3.8, 4) is 5.88 Å². The highest BCUT2D eigenvalue weighted by Gasteiger charge is 2.28. The van der Waals surface area contributed by atoms with E-state index < -0.39 is 12.8 Å². The van der Waals surface area contributed by atoms with Crippen LogP contribution in [0, 0.1) is 0 Å². The molecule has 1 atom stereocenters. The average molecular weight is 356 g/mol. The molecule has 2 aromatic heterocycles. The molecule has 2 rings (SSSR count). The van der Waals surface area contributed by atoms with Crippen LogP contribution in [0.5, 0.6) is 5.88 Å². The van der Waals surface area contributed by atoms with E-state index >= 15 is 0 Å². The first-order chi connectivity index (χ1) is 11.7. The molecule has 0 aromatic carbocycles. The lowest BCUT2D eigenvalue weighted by Gasteiger charge is -2.14. The maximum atomic E-state index is 12.2. The summed E-state index contributed by atoms with van der Waals surface area (Å²) in [5, 5.41) is 9.51. The van der Waals surface area contributed by atoms with Crippen LogP contribution in [0.2, 0.25) is 0 Å². The lowest BCUT2D eigenvalue weighted by molar-refractivity contribution is -0.154. The number of halogens is 3. The Morgan fingerprint density at radius 3 is 2.56 bits per heavy atom. The summed E-state index contributed by atoms with van der Waals surface area (Å²) in [5.74, 6) is -0.261. The fourth-order valence-electron chi connectivity index (χ4n) is 2.00. The standard InChI is InChI=1S/C16H19F3N4O2/c1-9(2)12-6-13(23-22-12)15(24)21-10(3)11-4-5-14(20-7-11)25-8-16(17,18)19/h4-7,9-10H,8H2,1-3H3,(H,21,24)(H,22,23). The first-order valence-corrected chi connectivity index (χ1v) is 7.67. The SMILES string of the molecule is CC(C)c1cc(C(=O)NC(C)c2ccc(OCC(F)(F)F)nc2)[nH]n1. The number of pyridine rings is 1. The van der Waals surface area contributed by atoms with E-state index in [1.165, 1.54) is 12.3 Å². The number of hydrogen-bond donors (Lipinski definition) is 2. The van der Waals surface area contributed by atoms with Gasteiger partial charge in [0.05, 0.1) is 11.7 Å². The van der Waals surface area contributed by atoms with E-state index in [9.17, 15) is 18.0 Å². The van der Waals surface area contributed by atoms with E-state index in [1.807, 2.05) is 13.8 Å². The Morgan fingerprint density at radius 2 is 2.04 bits per heavy atom. The average Bonchev–Trinajstić information content (AvgIpc) is 3.03. The first kappa shape index (κ1) is 18.8. The molecule has 0 fully saturated rings. The maximum Gasteiger partial charge on any atom is 0.422 e. The molecule has 0 spiro atoms. The van der Waals surface area contributed by atoms with Crippen LogP contribution in [-0.4, -0.2) is 33.9 Å². The Kier molecular flexibility index (Phi) is 5.66. The minimum absolute atomic E-state index is 0.130. The second-order valence-corrected chi connectivity index (χ2v) is 5.89. The number of nitrogens with one attached hydrogen (secondary N) is 2. The lowest BCUT2D eigenvalue weighted by atomic mass is 10.1. The van der Waals surface area contributed by atoms with Gasteiger partial charge in [-0.1, -0.05) is 19.9 Å². The summed E-state index contributed by atoms with van der Waals surface area (Å²) >= 11 is 0. The molecule has 0 aliphatic rings. The van der Waals surface area contributed by atoms with Crippen molar-refractivity contribution < 1.29 is 22.7 Å². The molecule has 2 heterocycles. The number of aromatic nitrogens is 3. The Hall–Kier alpha value is -2.58. The van der Waals surface area contributed by atoms with Crippen molar-refractivity contribution in [2.45, 2.75) is 38.9 Å². The number of H-pyrrole nitrogens is 1. The van der Waals surface area contributed by atoms with Crippen molar-refractivity contribution >= 4 is 5.91 Å². The van der Waals surface area contributed by atoms with Gasteiger partial charge in [-0.25, -0.2) is 4.98 Å². The monoisotopic (exact) mass is 356 g/mol. The highest BCUT2D eigenvalue weighted by atomic mass is 19.4. The lowest BCUT2D eigenvalue weighted by Crippen LogP contribution is -2.27. The summed E-state index contributed by atoms with van der Waals surface area (Å²) in [6.45, 7) is 4.28. The van der Waals surface area contributed by atoms with Gasteiger partial charge >= 0.3 is 6.18 Å². The molecule has 0 aliphatic heterocycles. The van der Waals surface area contributed by atoms with Crippen LogP contribution in [0.25, 0.3) is 0 Å². The van der Waals surface area contributed by atoms with Crippen molar-refractivity contribution in [2.75, 3.05) is 6.61 Å². The van der Waals surface area contributed by atoms with Crippen LogP contribution < -0.4 is 10.1 Å². The largest absolute Gasteiger partial charge is 0.468 e. The third kappa shape index (κ3) is 5.47. The van der Waals surface area contributed by atoms with Crippen LogP contribution in [-0.2, 0) is 0 Å². The number of carbonyl (C=O) groups is 1. The van der Waals surface area contributed by atoms with Crippen molar-refractivity contribution in [1.29, 1.82) is 0 Å². The minimum Gasteiger partial charge on any atom is -0.468 e. The van der Waals surface area contributed by atoms with Gasteiger partial charge in [-0.15, -0.1) is 0 Å². The molecular formula is C16H19F3N4O2. The van der Waals surface area contributed by atoms with E-state index in [2.05, 4.69) is 25.2 Å². The van der Waals surface area contributed by atoms with Gasteiger partial charge in [0, 0.05) is 12.3 Å².